The van der Waals surface area contributed by atoms with E-state index >= 15 is 0 Å². The summed E-state index contributed by atoms with van der Waals surface area (Å²) < 4.78 is 13.7. The van der Waals surface area contributed by atoms with Crippen LogP contribution >= 0.6 is 0 Å². The van der Waals surface area contributed by atoms with Crippen LogP contribution < -0.4 is 0 Å². The molecule has 0 saturated carbocycles. The minimum Gasteiger partial charge on any atom is -0.365 e. The van der Waals surface area contributed by atoms with E-state index in [2.05, 4.69) is 4.98 Å². The van der Waals surface area contributed by atoms with Gasteiger partial charge in [-0.2, -0.15) is 0 Å². The van der Waals surface area contributed by atoms with Crippen LogP contribution in [0, 0.1) is 5.82 Å². The molecule has 1 aliphatic rings. The van der Waals surface area contributed by atoms with Gasteiger partial charge in [0.05, 0.1) is 12.0 Å². The second-order valence-corrected chi connectivity index (χ2v) is 5.52. The molecule has 2 aromatic rings. The van der Waals surface area contributed by atoms with E-state index in [1.165, 1.54) is 12.1 Å². The summed E-state index contributed by atoms with van der Waals surface area (Å²) in [6.45, 7) is 1.78. The number of amides is 2. The van der Waals surface area contributed by atoms with Crippen LogP contribution in [-0.4, -0.2) is 52.8 Å². The second kappa shape index (κ2) is 6.64. The van der Waals surface area contributed by atoms with Gasteiger partial charge in [-0.15, -0.1) is 0 Å². The van der Waals surface area contributed by atoms with Crippen molar-refractivity contribution in [1.29, 1.82) is 0 Å². The molecule has 1 saturated heterocycles. The molecule has 0 spiro atoms. The largest absolute Gasteiger partial charge is 0.365 e. The van der Waals surface area contributed by atoms with Gasteiger partial charge in [0.2, 0.25) is 5.91 Å². The summed E-state index contributed by atoms with van der Waals surface area (Å²) in [5.41, 5.74) is 0.957. The lowest BCUT2D eigenvalue weighted by molar-refractivity contribution is -0.132. The van der Waals surface area contributed by atoms with Crippen molar-refractivity contribution >= 4 is 11.8 Å². The van der Waals surface area contributed by atoms with Crippen LogP contribution in [0.1, 0.15) is 16.1 Å². The number of carbonyl (C=O) groups is 2. The van der Waals surface area contributed by atoms with Crippen LogP contribution in [0.2, 0.25) is 0 Å². The molecule has 23 heavy (non-hydrogen) atoms. The normalized spacial score (nSPS) is 14.8. The van der Waals surface area contributed by atoms with E-state index in [4.69, 9.17) is 0 Å². The van der Waals surface area contributed by atoms with Crippen LogP contribution in [0.3, 0.4) is 0 Å². The molecule has 6 heteroatoms. The van der Waals surface area contributed by atoms with Crippen molar-refractivity contribution in [3.8, 4) is 0 Å². The Balaban J connectivity index is 1.57. The maximum atomic E-state index is 13.7. The number of carbonyl (C=O) groups excluding carboxylic acids is 2. The Morgan fingerprint density at radius 2 is 1.70 bits per heavy atom. The van der Waals surface area contributed by atoms with E-state index in [9.17, 15) is 14.0 Å². The van der Waals surface area contributed by atoms with Gasteiger partial charge in [0.25, 0.3) is 5.91 Å². The van der Waals surface area contributed by atoms with Crippen molar-refractivity contribution in [2.45, 2.75) is 6.42 Å². The molecule has 1 aromatic heterocycles. The predicted molar refractivity (Wildman–Crippen MR) is 83.4 cm³/mol. The monoisotopic (exact) mass is 315 g/mol. The van der Waals surface area contributed by atoms with E-state index in [0.29, 0.717) is 32.6 Å². The Labute approximate surface area is 133 Å². The Bertz CT molecular complexity index is 692. The highest BCUT2D eigenvalue weighted by atomic mass is 19.1. The average Bonchev–Trinajstić information content (AvgIpc) is 3.08. The molecule has 2 amide bonds. The standard InChI is InChI=1S/C17H18FN3O2/c18-15-6-2-1-5-14(15)17(23)21-10-8-20(9-11-21)16(22)12-13-4-3-7-19-13/h1-7,19H,8-12H2. The number of benzene rings is 1. The molecule has 2 heterocycles. The van der Waals surface area contributed by atoms with E-state index in [1.807, 2.05) is 12.1 Å². The number of nitrogens with zero attached hydrogens (tertiary/aromatic N) is 2. The van der Waals surface area contributed by atoms with Crippen LogP contribution in [0.5, 0.6) is 0 Å². The van der Waals surface area contributed by atoms with Crippen LogP contribution in [0.4, 0.5) is 4.39 Å². The first-order valence-corrected chi connectivity index (χ1v) is 7.59. The summed E-state index contributed by atoms with van der Waals surface area (Å²) in [6, 6.07) is 9.70. The van der Waals surface area contributed by atoms with Gasteiger partial charge in [0, 0.05) is 38.1 Å². The molecule has 0 aliphatic carbocycles. The van der Waals surface area contributed by atoms with Gasteiger partial charge >= 0.3 is 0 Å². The van der Waals surface area contributed by atoms with E-state index in [0.717, 1.165) is 5.69 Å². The zero-order chi connectivity index (χ0) is 16.2. The first-order chi connectivity index (χ1) is 11.1. The highest BCUT2D eigenvalue weighted by Crippen LogP contribution is 2.13. The minimum absolute atomic E-state index is 0.0328. The number of hydrogen-bond acceptors (Lipinski definition) is 2. The molecule has 1 aliphatic heterocycles. The molecular formula is C17H18FN3O2. The number of rotatable bonds is 3. The number of nitrogens with one attached hydrogen (secondary N) is 1. The van der Waals surface area contributed by atoms with Gasteiger partial charge in [-0.25, -0.2) is 4.39 Å². The van der Waals surface area contributed by atoms with E-state index in [-0.39, 0.29) is 17.4 Å². The summed E-state index contributed by atoms with van der Waals surface area (Å²) in [5.74, 6) is -0.798. The van der Waals surface area contributed by atoms with Crippen molar-refractivity contribution in [2.75, 3.05) is 26.2 Å². The summed E-state index contributed by atoms with van der Waals surface area (Å²) in [7, 11) is 0. The van der Waals surface area contributed by atoms with E-state index in [1.54, 1.807) is 28.1 Å². The van der Waals surface area contributed by atoms with Crippen molar-refractivity contribution in [3.63, 3.8) is 0 Å². The highest BCUT2D eigenvalue weighted by molar-refractivity contribution is 5.94. The fraction of sp³-hybridized carbons (Fsp3) is 0.294. The zero-order valence-electron chi connectivity index (χ0n) is 12.7. The highest BCUT2D eigenvalue weighted by Gasteiger charge is 2.26. The van der Waals surface area contributed by atoms with Crippen LogP contribution in [-0.2, 0) is 11.2 Å². The predicted octanol–water partition coefficient (Wildman–Crippen LogP) is 1.68. The third kappa shape index (κ3) is 3.41. The molecule has 0 atom stereocenters. The molecule has 0 bridgehead atoms. The molecule has 120 valence electrons. The Kier molecular flexibility index (Phi) is 4.41. The summed E-state index contributed by atoms with van der Waals surface area (Å²) in [5, 5.41) is 0. The number of H-pyrrole nitrogens is 1. The number of piperazine rings is 1. The SMILES string of the molecule is O=C(Cc1ccc[nH]1)N1CCN(C(=O)c2ccccc2F)CC1. The quantitative estimate of drug-likeness (QED) is 0.937. The number of hydrogen-bond donors (Lipinski definition) is 1. The maximum absolute atomic E-state index is 13.7. The first-order valence-electron chi connectivity index (χ1n) is 7.59. The maximum Gasteiger partial charge on any atom is 0.256 e. The summed E-state index contributed by atoms with van der Waals surface area (Å²) in [6.07, 6.45) is 2.11. The van der Waals surface area contributed by atoms with Gasteiger partial charge < -0.3 is 14.8 Å². The van der Waals surface area contributed by atoms with Crippen molar-refractivity contribution < 1.29 is 14.0 Å². The zero-order valence-corrected chi connectivity index (χ0v) is 12.7. The fourth-order valence-corrected chi connectivity index (χ4v) is 2.72. The molecule has 1 aromatic carbocycles. The lowest BCUT2D eigenvalue weighted by atomic mass is 10.1. The Morgan fingerprint density at radius 1 is 1.00 bits per heavy atom. The van der Waals surface area contributed by atoms with Crippen molar-refractivity contribution in [2.24, 2.45) is 0 Å². The minimum atomic E-state index is -0.511. The third-order valence-corrected chi connectivity index (χ3v) is 4.03. The molecule has 0 unspecified atom stereocenters. The molecule has 0 radical (unpaired) electrons. The lowest BCUT2D eigenvalue weighted by Gasteiger charge is -2.34. The first kappa shape index (κ1) is 15.3. The smallest absolute Gasteiger partial charge is 0.256 e. The van der Waals surface area contributed by atoms with Crippen molar-refractivity contribution in [1.82, 2.24) is 14.8 Å². The molecule has 1 fully saturated rings. The number of aromatic amines is 1. The summed E-state index contributed by atoms with van der Waals surface area (Å²) in [4.78, 5) is 30.9. The van der Waals surface area contributed by atoms with Crippen LogP contribution in [0.15, 0.2) is 42.6 Å². The van der Waals surface area contributed by atoms with E-state index < -0.39 is 5.82 Å². The topological polar surface area (TPSA) is 56.4 Å². The van der Waals surface area contributed by atoms with Gasteiger partial charge in [0.15, 0.2) is 0 Å². The molecular weight excluding hydrogens is 297 g/mol. The van der Waals surface area contributed by atoms with Gasteiger partial charge in [-0.1, -0.05) is 12.1 Å². The summed E-state index contributed by atoms with van der Waals surface area (Å²) >= 11 is 0. The van der Waals surface area contributed by atoms with Gasteiger partial charge in [0.1, 0.15) is 5.82 Å². The van der Waals surface area contributed by atoms with Gasteiger partial charge in [-0.05, 0) is 24.3 Å². The lowest BCUT2D eigenvalue weighted by Crippen LogP contribution is -2.51. The van der Waals surface area contributed by atoms with Crippen LogP contribution in [0.25, 0.3) is 0 Å². The molecule has 3 rings (SSSR count). The van der Waals surface area contributed by atoms with Crippen molar-refractivity contribution in [3.05, 3.63) is 59.7 Å². The third-order valence-electron chi connectivity index (χ3n) is 4.03. The Hall–Kier alpha value is -2.63. The fourth-order valence-electron chi connectivity index (χ4n) is 2.72. The number of aromatic nitrogens is 1. The second-order valence-electron chi connectivity index (χ2n) is 5.52. The molecule has 5 nitrogen and oxygen atoms in total. The average molecular weight is 315 g/mol. The molecule has 1 N–H and O–H groups in total. The van der Waals surface area contributed by atoms with Gasteiger partial charge in [-0.3, -0.25) is 9.59 Å². The number of halogens is 1. The Morgan fingerprint density at radius 3 is 2.35 bits per heavy atom.